The second-order valence-corrected chi connectivity index (χ2v) is 9.19. The molecule has 1 atom stereocenters. The third-order valence-corrected chi connectivity index (χ3v) is 5.98. The van der Waals surface area contributed by atoms with Gasteiger partial charge in [-0.25, -0.2) is 0 Å². The Morgan fingerprint density at radius 1 is 1.09 bits per heavy atom. The van der Waals surface area contributed by atoms with Gasteiger partial charge in [-0.1, -0.05) is 63.3 Å². The van der Waals surface area contributed by atoms with E-state index in [0.29, 0.717) is 17.7 Å². The van der Waals surface area contributed by atoms with Gasteiger partial charge >= 0.3 is 6.18 Å². The Hall–Kier alpha value is -2.28. The summed E-state index contributed by atoms with van der Waals surface area (Å²) in [5.41, 5.74) is 1.52. The fraction of sp³-hybridized carbons (Fsp3) is 0.560. The first-order valence-electron chi connectivity index (χ1n) is 11.4. The molecule has 1 saturated heterocycles. The number of carbonyl (C=O) groups excluding carboxylic acids is 1. The predicted octanol–water partition coefficient (Wildman–Crippen LogP) is 6.70. The van der Waals surface area contributed by atoms with Gasteiger partial charge in [0, 0.05) is 17.3 Å². The third-order valence-electron chi connectivity index (χ3n) is 5.98. The van der Waals surface area contributed by atoms with Crippen LogP contribution in [0.1, 0.15) is 77.3 Å². The van der Waals surface area contributed by atoms with E-state index in [1.165, 1.54) is 25.3 Å². The quantitative estimate of drug-likeness (QED) is 0.410. The number of nitrogens with zero attached hydrogens (tertiary/aromatic N) is 1. The van der Waals surface area contributed by atoms with Gasteiger partial charge in [-0.2, -0.15) is 18.2 Å². The van der Waals surface area contributed by atoms with Gasteiger partial charge in [-0.3, -0.25) is 10.2 Å². The number of nitrogens with one attached hydrogen (secondary N) is 1. The van der Waals surface area contributed by atoms with Crippen molar-refractivity contribution in [2.24, 2.45) is 0 Å². The predicted molar refractivity (Wildman–Crippen MR) is 120 cm³/mol. The highest BCUT2D eigenvalue weighted by Crippen LogP contribution is 2.44. The van der Waals surface area contributed by atoms with Gasteiger partial charge in [0.1, 0.15) is 5.75 Å². The van der Waals surface area contributed by atoms with Crippen molar-refractivity contribution in [3.05, 3.63) is 42.0 Å². The van der Waals surface area contributed by atoms with Crippen molar-refractivity contribution in [2.75, 3.05) is 6.61 Å². The number of fused-ring (bicyclic) bond motifs is 1. The summed E-state index contributed by atoms with van der Waals surface area (Å²) in [5.74, 6) is 0.0359. The number of unbranched alkanes of at least 4 members (excludes halogenated alkanes) is 5. The standard InChI is InChI=1S/C25H33F3N2O2/c1-4-5-6-7-8-11-14-32-21-16-19(15-18-12-9-10-13-20(18)21)23(25(26,27)28)30-24(2,3)17-22(31)29-30/h9-10,12-13,15-16,23H,4-8,11,14,17H2,1-3H3,(H,29,31). The molecule has 7 heteroatoms. The van der Waals surface area contributed by atoms with Gasteiger partial charge in [-0.05, 0) is 43.4 Å². The summed E-state index contributed by atoms with van der Waals surface area (Å²) in [7, 11) is 0. The Balaban J connectivity index is 1.89. The van der Waals surface area contributed by atoms with Crippen molar-refractivity contribution in [3.63, 3.8) is 0 Å². The minimum absolute atomic E-state index is 0.00848. The molecule has 1 heterocycles. The van der Waals surface area contributed by atoms with Crippen LogP contribution in [0.3, 0.4) is 0 Å². The molecule has 0 radical (unpaired) electrons. The van der Waals surface area contributed by atoms with E-state index in [9.17, 15) is 18.0 Å². The molecule has 2 aromatic rings. The summed E-state index contributed by atoms with van der Waals surface area (Å²) >= 11 is 0. The number of hydrogen-bond donors (Lipinski definition) is 1. The molecule has 0 spiro atoms. The Morgan fingerprint density at radius 3 is 2.44 bits per heavy atom. The van der Waals surface area contributed by atoms with Crippen LogP contribution in [0.5, 0.6) is 5.75 Å². The Bertz CT molecular complexity index is 927. The highest BCUT2D eigenvalue weighted by molar-refractivity contribution is 5.89. The van der Waals surface area contributed by atoms with Crippen LogP contribution in [0.15, 0.2) is 36.4 Å². The van der Waals surface area contributed by atoms with Gasteiger partial charge in [0.25, 0.3) is 0 Å². The zero-order valence-electron chi connectivity index (χ0n) is 19.1. The first-order valence-corrected chi connectivity index (χ1v) is 11.4. The molecule has 0 bridgehead atoms. The number of rotatable bonds is 10. The highest BCUT2D eigenvalue weighted by Gasteiger charge is 2.53. The van der Waals surface area contributed by atoms with E-state index in [1.807, 2.05) is 12.1 Å². The van der Waals surface area contributed by atoms with E-state index < -0.39 is 23.7 Å². The lowest BCUT2D eigenvalue weighted by Gasteiger charge is -2.38. The van der Waals surface area contributed by atoms with E-state index in [-0.39, 0.29) is 12.0 Å². The van der Waals surface area contributed by atoms with Crippen LogP contribution >= 0.6 is 0 Å². The zero-order chi connectivity index (χ0) is 23.4. The van der Waals surface area contributed by atoms with Gasteiger partial charge in [0.05, 0.1) is 6.61 Å². The lowest BCUT2D eigenvalue weighted by Crippen LogP contribution is -2.51. The van der Waals surface area contributed by atoms with Gasteiger partial charge in [0.2, 0.25) is 5.91 Å². The second-order valence-electron chi connectivity index (χ2n) is 9.19. The molecule has 0 aromatic heterocycles. The molecule has 1 N–H and O–H groups in total. The molecule has 1 aliphatic heterocycles. The minimum Gasteiger partial charge on any atom is -0.493 e. The van der Waals surface area contributed by atoms with Crippen molar-refractivity contribution in [1.29, 1.82) is 0 Å². The number of ether oxygens (including phenoxy) is 1. The van der Waals surface area contributed by atoms with Crippen LogP contribution in [-0.4, -0.2) is 29.2 Å². The van der Waals surface area contributed by atoms with Gasteiger partial charge in [0.15, 0.2) is 6.04 Å². The van der Waals surface area contributed by atoms with Gasteiger partial charge in [-0.15, -0.1) is 0 Å². The maximum atomic E-state index is 14.3. The number of benzene rings is 2. The van der Waals surface area contributed by atoms with Crippen molar-refractivity contribution in [2.45, 2.75) is 83.5 Å². The lowest BCUT2D eigenvalue weighted by atomic mass is 9.95. The number of carbonyl (C=O) groups is 1. The number of alkyl halides is 3. The second kappa shape index (κ2) is 10.1. The Kier molecular flexibility index (Phi) is 7.70. The summed E-state index contributed by atoms with van der Waals surface area (Å²) in [6.07, 6.45) is 2.07. The van der Waals surface area contributed by atoms with E-state index in [1.54, 1.807) is 32.0 Å². The van der Waals surface area contributed by atoms with Crippen LogP contribution in [0.2, 0.25) is 0 Å². The van der Waals surface area contributed by atoms with Crippen molar-refractivity contribution in [3.8, 4) is 5.75 Å². The summed E-state index contributed by atoms with van der Waals surface area (Å²) in [5, 5.41) is 2.50. The maximum absolute atomic E-state index is 14.3. The average molecular weight is 451 g/mol. The molecule has 1 fully saturated rings. The smallest absolute Gasteiger partial charge is 0.409 e. The maximum Gasteiger partial charge on any atom is 0.409 e. The Morgan fingerprint density at radius 2 is 1.78 bits per heavy atom. The first kappa shape index (κ1) is 24.4. The monoisotopic (exact) mass is 450 g/mol. The number of hydrogen-bond acceptors (Lipinski definition) is 3. The van der Waals surface area contributed by atoms with Crippen LogP contribution < -0.4 is 10.2 Å². The zero-order valence-corrected chi connectivity index (χ0v) is 19.1. The molecule has 2 aromatic carbocycles. The van der Waals surface area contributed by atoms with Crippen molar-refractivity contribution >= 4 is 16.7 Å². The molecule has 0 aliphatic carbocycles. The molecule has 4 nitrogen and oxygen atoms in total. The van der Waals surface area contributed by atoms with Crippen molar-refractivity contribution < 1.29 is 22.7 Å². The SMILES string of the molecule is CCCCCCCCOc1cc(C(N2NC(=O)CC2(C)C)C(F)(F)F)cc2ccccc12. The fourth-order valence-corrected chi connectivity index (χ4v) is 4.34. The molecular weight excluding hydrogens is 417 g/mol. The molecule has 0 saturated carbocycles. The Labute approximate surface area is 188 Å². The molecular formula is C25H33F3N2O2. The average Bonchev–Trinajstić information content (AvgIpc) is 2.97. The molecule has 32 heavy (non-hydrogen) atoms. The summed E-state index contributed by atoms with van der Waals surface area (Å²) in [6, 6.07) is 8.37. The molecule has 176 valence electrons. The van der Waals surface area contributed by atoms with E-state index in [2.05, 4.69) is 12.3 Å². The first-order chi connectivity index (χ1) is 15.1. The van der Waals surface area contributed by atoms with E-state index in [4.69, 9.17) is 4.74 Å². The number of hydrazine groups is 1. The highest BCUT2D eigenvalue weighted by atomic mass is 19.4. The van der Waals surface area contributed by atoms with Gasteiger partial charge < -0.3 is 4.74 Å². The van der Waals surface area contributed by atoms with Crippen LogP contribution in [0.4, 0.5) is 13.2 Å². The normalized spacial score (nSPS) is 17.5. The number of amides is 1. The van der Waals surface area contributed by atoms with Crippen LogP contribution in [-0.2, 0) is 4.79 Å². The summed E-state index contributed by atoms with van der Waals surface area (Å²) in [6.45, 7) is 5.91. The summed E-state index contributed by atoms with van der Waals surface area (Å²) in [4.78, 5) is 11.9. The fourth-order valence-electron chi connectivity index (χ4n) is 4.34. The summed E-state index contributed by atoms with van der Waals surface area (Å²) < 4.78 is 48.8. The minimum atomic E-state index is -4.58. The largest absolute Gasteiger partial charge is 0.493 e. The number of halogens is 3. The topological polar surface area (TPSA) is 41.6 Å². The van der Waals surface area contributed by atoms with Crippen molar-refractivity contribution in [1.82, 2.24) is 10.4 Å². The molecule has 1 unspecified atom stereocenters. The third kappa shape index (κ3) is 5.74. The van der Waals surface area contributed by atoms with Crippen LogP contribution in [0, 0.1) is 0 Å². The van der Waals surface area contributed by atoms with E-state index >= 15 is 0 Å². The van der Waals surface area contributed by atoms with Crippen LogP contribution in [0.25, 0.3) is 10.8 Å². The molecule has 1 amide bonds. The molecule has 1 aliphatic rings. The lowest BCUT2D eigenvalue weighted by molar-refractivity contribution is -0.203. The van der Waals surface area contributed by atoms with E-state index in [0.717, 1.165) is 29.7 Å². The molecule has 3 rings (SSSR count).